The summed E-state index contributed by atoms with van der Waals surface area (Å²) in [6.07, 6.45) is -0.162. The van der Waals surface area contributed by atoms with Crippen molar-refractivity contribution in [3.63, 3.8) is 0 Å². The number of ether oxygens (including phenoxy) is 2. The quantitative estimate of drug-likeness (QED) is 0.755. The largest absolute Gasteiger partial charge is 0.375 e. The third-order valence-electron chi connectivity index (χ3n) is 5.09. The second kappa shape index (κ2) is 6.31. The van der Waals surface area contributed by atoms with Crippen LogP contribution in [0, 0.1) is 0 Å². The van der Waals surface area contributed by atoms with Crippen LogP contribution in [0.1, 0.15) is 49.6 Å². The first-order valence-corrected chi connectivity index (χ1v) is 9.21. The molecule has 4 rings (SSSR count). The van der Waals surface area contributed by atoms with E-state index in [1.807, 2.05) is 18.2 Å². The summed E-state index contributed by atoms with van der Waals surface area (Å²) in [4.78, 5) is 0. The van der Waals surface area contributed by atoms with E-state index in [-0.39, 0.29) is 23.7 Å². The lowest BCUT2D eigenvalue weighted by Crippen LogP contribution is -2.43. The molecule has 0 aromatic heterocycles. The number of benzene rings is 2. The number of hydrogen-bond donors (Lipinski definition) is 1. The van der Waals surface area contributed by atoms with Crippen molar-refractivity contribution in [2.45, 2.75) is 44.4 Å². The summed E-state index contributed by atoms with van der Waals surface area (Å²) < 4.78 is 12.3. The summed E-state index contributed by atoms with van der Waals surface area (Å²) in [6, 6.07) is 14.5. The number of fused-ring (bicyclic) bond motifs is 3. The standard InChI is InChI=1S/C21H24ClNO2/c1-21(2,3)13-8-9-17-15(12-13)19-20(25-11-10-24-19)18(23-17)14-6-4-5-7-16(14)22/h4-9,12,18-20,23H,10-11H2,1-3H3. The minimum absolute atomic E-state index is 0.0213. The van der Waals surface area contributed by atoms with E-state index in [0.29, 0.717) is 13.2 Å². The molecule has 2 heterocycles. The second-order valence-electron chi connectivity index (χ2n) is 7.82. The van der Waals surface area contributed by atoms with Gasteiger partial charge in [0.1, 0.15) is 12.2 Å². The van der Waals surface area contributed by atoms with E-state index < -0.39 is 0 Å². The Bertz CT molecular complexity index is 784. The lowest BCUT2D eigenvalue weighted by molar-refractivity contribution is -0.151. The third-order valence-corrected chi connectivity index (χ3v) is 5.44. The average Bonchev–Trinajstić information content (AvgIpc) is 2.60. The number of rotatable bonds is 1. The van der Waals surface area contributed by atoms with Gasteiger partial charge in [-0.3, -0.25) is 0 Å². The van der Waals surface area contributed by atoms with Gasteiger partial charge in [0.05, 0.1) is 19.3 Å². The van der Waals surface area contributed by atoms with Gasteiger partial charge in [0, 0.05) is 16.3 Å². The highest BCUT2D eigenvalue weighted by Gasteiger charge is 2.42. The fourth-order valence-electron chi connectivity index (χ4n) is 3.71. The lowest BCUT2D eigenvalue weighted by Gasteiger charge is -2.43. The molecular weight excluding hydrogens is 334 g/mol. The van der Waals surface area contributed by atoms with Gasteiger partial charge in [0.25, 0.3) is 0 Å². The zero-order valence-electron chi connectivity index (χ0n) is 14.9. The van der Waals surface area contributed by atoms with Crippen molar-refractivity contribution in [3.05, 3.63) is 64.2 Å². The first kappa shape index (κ1) is 16.9. The van der Waals surface area contributed by atoms with E-state index in [0.717, 1.165) is 16.3 Å². The van der Waals surface area contributed by atoms with Gasteiger partial charge >= 0.3 is 0 Å². The Morgan fingerprint density at radius 1 is 1.00 bits per heavy atom. The van der Waals surface area contributed by atoms with Crippen molar-refractivity contribution in [1.82, 2.24) is 0 Å². The van der Waals surface area contributed by atoms with Gasteiger partial charge in [-0.05, 0) is 28.7 Å². The molecule has 132 valence electrons. The second-order valence-corrected chi connectivity index (χ2v) is 8.23. The predicted molar refractivity (Wildman–Crippen MR) is 101 cm³/mol. The van der Waals surface area contributed by atoms with Crippen LogP contribution in [-0.2, 0) is 14.9 Å². The molecule has 25 heavy (non-hydrogen) atoms. The minimum atomic E-state index is -0.0867. The summed E-state index contributed by atoms with van der Waals surface area (Å²) in [5.41, 5.74) is 4.73. The zero-order valence-corrected chi connectivity index (χ0v) is 15.6. The molecule has 0 amide bonds. The molecule has 2 aromatic carbocycles. The van der Waals surface area contributed by atoms with Crippen LogP contribution in [0.5, 0.6) is 0 Å². The maximum Gasteiger partial charge on any atom is 0.113 e. The van der Waals surface area contributed by atoms with Gasteiger partial charge in [0.2, 0.25) is 0 Å². The molecule has 1 N–H and O–H groups in total. The molecule has 3 nitrogen and oxygen atoms in total. The molecule has 3 unspecified atom stereocenters. The van der Waals surface area contributed by atoms with E-state index in [1.165, 1.54) is 11.1 Å². The maximum atomic E-state index is 6.46. The van der Waals surface area contributed by atoms with Gasteiger partial charge in [-0.2, -0.15) is 0 Å². The van der Waals surface area contributed by atoms with E-state index in [2.05, 4.69) is 50.4 Å². The van der Waals surface area contributed by atoms with E-state index in [1.54, 1.807) is 0 Å². The highest BCUT2D eigenvalue weighted by Crippen LogP contribution is 2.46. The van der Waals surface area contributed by atoms with Gasteiger partial charge in [-0.1, -0.05) is 62.7 Å². The molecule has 2 aliphatic rings. The maximum absolute atomic E-state index is 6.46. The molecule has 0 radical (unpaired) electrons. The molecular formula is C21H24ClNO2. The molecule has 0 spiro atoms. The number of halogens is 1. The van der Waals surface area contributed by atoms with Crippen LogP contribution in [-0.4, -0.2) is 19.3 Å². The SMILES string of the molecule is CC(C)(C)c1ccc2c(c1)C1OCCOC1C(c1ccccc1Cl)N2. The first-order chi connectivity index (χ1) is 11.9. The van der Waals surface area contributed by atoms with Gasteiger partial charge < -0.3 is 14.8 Å². The molecule has 3 atom stereocenters. The van der Waals surface area contributed by atoms with Crippen LogP contribution in [0.2, 0.25) is 5.02 Å². The molecule has 0 saturated carbocycles. The van der Waals surface area contributed by atoms with Crippen molar-refractivity contribution in [1.29, 1.82) is 0 Å². The molecule has 0 bridgehead atoms. The van der Waals surface area contributed by atoms with Crippen LogP contribution in [0.3, 0.4) is 0 Å². The van der Waals surface area contributed by atoms with E-state index >= 15 is 0 Å². The van der Waals surface area contributed by atoms with Crippen molar-refractivity contribution in [3.8, 4) is 0 Å². The van der Waals surface area contributed by atoms with Gasteiger partial charge in [-0.15, -0.1) is 0 Å². The summed E-state index contributed by atoms with van der Waals surface area (Å²) >= 11 is 6.46. The Balaban J connectivity index is 1.79. The van der Waals surface area contributed by atoms with Crippen LogP contribution in [0.25, 0.3) is 0 Å². The Morgan fingerprint density at radius 2 is 1.76 bits per heavy atom. The molecule has 1 saturated heterocycles. The van der Waals surface area contributed by atoms with E-state index in [9.17, 15) is 0 Å². The summed E-state index contributed by atoms with van der Waals surface area (Å²) in [6.45, 7) is 7.92. The number of anilines is 1. The number of hydrogen-bond acceptors (Lipinski definition) is 3. The fraction of sp³-hybridized carbons (Fsp3) is 0.429. The van der Waals surface area contributed by atoms with Gasteiger partial charge in [-0.25, -0.2) is 0 Å². The summed E-state index contributed by atoms with van der Waals surface area (Å²) in [5, 5.41) is 4.39. The monoisotopic (exact) mass is 357 g/mol. The van der Waals surface area contributed by atoms with Crippen molar-refractivity contribution in [2.75, 3.05) is 18.5 Å². The normalized spacial score (nSPS) is 25.7. The Kier molecular flexibility index (Phi) is 4.27. The molecule has 0 aliphatic carbocycles. The minimum Gasteiger partial charge on any atom is -0.375 e. The van der Waals surface area contributed by atoms with Crippen molar-refractivity contribution in [2.24, 2.45) is 0 Å². The van der Waals surface area contributed by atoms with Crippen LogP contribution in [0.4, 0.5) is 5.69 Å². The van der Waals surface area contributed by atoms with Crippen LogP contribution < -0.4 is 5.32 Å². The summed E-state index contributed by atoms with van der Waals surface area (Å²) in [7, 11) is 0. The van der Waals surface area contributed by atoms with Crippen molar-refractivity contribution < 1.29 is 9.47 Å². The Labute approximate surface area is 154 Å². The van der Waals surface area contributed by atoms with Crippen molar-refractivity contribution >= 4 is 17.3 Å². The smallest absolute Gasteiger partial charge is 0.113 e. The van der Waals surface area contributed by atoms with E-state index in [4.69, 9.17) is 21.1 Å². The van der Waals surface area contributed by atoms with Crippen LogP contribution in [0.15, 0.2) is 42.5 Å². The average molecular weight is 358 g/mol. The zero-order chi connectivity index (χ0) is 17.6. The molecule has 1 fully saturated rings. The predicted octanol–water partition coefficient (Wildman–Crippen LogP) is 5.26. The highest BCUT2D eigenvalue weighted by molar-refractivity contribution is 6.31. The topological polar surface area (TPSA) is 30.5 Å². The number of nitrogens with one attached hydrogen (secondary N) is 1. The Morgan fingerprint density at radius 3 is 2.52 bits per heavy atom. The third kappa shape index (κ3) is 3.05. The lowest BCUT2D eigenvalue weighted by atomic mass is 9.82. The molecule has 2 aliphatic heterocycles. The highest BCUT2D eigenvalue weighted by atomic mass is 35.5. The Hall–Kier alpha value is -1.55. The van der Waals surface area contributed by atoms with Crippen LogP contribution >= 0.6 is 11.6 Å². The molecule has 4 heteroatoms. The fourth-order valence-corrected chi connectivity index (χ4v) is 3.96. The van der Waals surface area contributed by atoms with Gasteiger partial charge in [0.15, 0.2) is 0 Å². The first-order valence-electron chi connectivity index (χ1n) is 8.84. The summed E-state index contributed by atoms with van der Waals surface area (Å²) in [5.74, 6) is 0. The molecule has 2 aromatic rings.